The number of pyridine rings is 2. The van der Waals surface area contributed by atoms with Gasteiger partial charge >= 0.3 is 0 Å². The molecule has 0 saturated carbocycles. The highest BCUT2D eigenvalue weighted by Gasteiger charge is 2.19. The monoisotopic (exact) mass is 509 g/mol. The van der Waals surface area contributed by atoms with Crippen LogP contribution in [0.3, 0.4) is 0 Å². The number of nitrogens with zero attached hydrogens (tertiary/aromatic N) is 5. The minimum atomic E-state index is -0.381. The van der Waals surface area contributed by atoms with E-state index in [4.69, 9.17) is 4.98 Å². The van der Waals surface area contributed by atoms with Gasteiger partial charge in [-0.1, -0.05) is 6.42 Å². The van der Waals surface area contributed by atoms with E-state index in [9.17, 15) is 0 Å². The highest BCUT2D eigenvalue weighted by Crippen LogP contribution is 2.34. The lowest BCUT2D eigenvalue weighted by Gasteiger charge is -2.26. The van der Waals surface area contributed by atoms with Crippen molar-refractivity contribution >= 4 is 33.3 Å². The van der Waals surface area contributed by atoms with Gasteiger partial charge in [0.1, 0.15) is 16.7 Å². The number of aromatic nitrogens is 6. The Kier molecular flexibility index (Phi) is 5.52. The Balaban J connectivity index is 1.29. The number of fused-ring (bicyclic) bond motifs is 2. The van der Waals surface area contributed by atoms with Crippen LogP contribution in [-0.2, 0) is 6.54 Å². The predicted molar refractivity (Wildman–Crippen MR) is 145 cm³/mol. The summed E-state index contributed by atoms with van der Waals surface area (Å²) in [5, 5.41) is 12.0. The van der Waals surface area contributed by atoms with E-state index in [1.54, 1.807) is 23.7 Å². The molecular weight excluding hydrogens is 485 g/mol. The molecule has 0 radical (unpaired) electrons. The summed E-state index contributed by atoms with van der Waals surface area (Å²) in [5.74, 6) is 0.212. The minimum absolute atomic E-state index is 0.285. The summed E-state index contributed by atoms with van der Waals surface area (Å²) in [6.45, 7) is 3.09. The summed E-state index contributed by atoms with van der Waals surface area (Å²) in [6, 6.07) is 9.53. The number of hydrogen-bond donors (Lipinski definition) is 2. The zero-order valence-electron chi connectivity index (χ0n) is 20.0. The average Bonchev–Trinajstić information content (AvgIpc) is 3.69. The maximum atomic E-state index is 15.2. The lowest BCUT2D eigenvalue weighted by atomic mass is 10.0. The molecular formula is C28H24FN7S. The molecule has 0 atom stereocenters. The Hall–Kier alpha value is -3.95. The van der Waals surface area contributed by atoms with Crippen LogP contribution < -0.4 is 0 Å². The van der Waals surface area contributed by atoms with Crippen molar-refractivity contribution in [3.63, 3.8) is 0 Å². The van der Waals surface area contributed by atoms with Crippen molar-refractivity contribution in [2.24, 2.45) is 0 Å². The highest BCUT2D eigenvalue weighted by molar-refractivity contribution is 7.08. The first-order chi connectivity index (χ1) is 18.2. The maximum absolute atomic E-state index is 15.2. The topological polar surface area (TPSA) is 86.4 Å². The van der Waals surface area contributed by atoms with Gasteiger partial charge in [-0.3, -0.25) is 20.0 Å². The number of imidazole rings is 1. The molecule has 1 saturated heterocycles. The molecule has 7 rings (SSSR count). The van der Waals surface area contributed by atoms with Gasteiger partial charge in [0, 0.05) is 47.0 Å². The number of piperidine rings is 1. The van der Waals surface area contributed by atoms with E-state index in [1.807, 2.05) is 29.8 Å². The average molecular weight is 510 g/mol. The van der Waals surface area contributed by atoms with Crippen LogP contribution in [-0.4, -0.2) is 48.1 Å². The first-order valence-corrected chi connectivity index (χ1v) is 13.4. The molecule has 2 N–H and O–H groups in total. The second-order valence-electron chi connectivity index (χ2n) is 9.52. The second kappa shape index (κ2) is 9.17. The van der Waals surface area contributed by atoms with Crippen LogP contribution in [0, 0.1) is 5.82 Å². The molecule has 1 aliphatic rings. The summed E-state index contributed by atoms with van der Waals surface area (Å²) in [7, 11) is 0. The molecule has 1 aliphatic heterocycles. The van der Waals surface area contributed by atoms with E-state index in [0.29, 0.717) is 16.9 Å². The molecule has 7 nitrogen and oxygen atoms in total. The molecule has 0 unspecified atom stereocenters. The Morgan fingerprint density at radius 1 is 0.973 bits per heavy atom. The molecule has 1 aromatic carbocycles. The van der Waals surface area contributed by atoms with Crippen LogP contribution >= 0.6 is 11.3 Å². The molecule has 0 aliphatic carbocycles. The van der Waals surface area contributed by atoms with Gasteiger partial charge < -0.3 is 4.98 Å². The lowest BCUT2D eigenvalue weighted by Crippen LogP contribution is -2.29. The molecule has 0 bridgehead atoms. The van der Waals surface area contributed by atoms with Crippen LogP contribution in [0.25, 0.3) is 55.8 Å². The van der Waals surface area contributed by atoms with Crippen molar-refractivity contribution in [2.45, 2.75) is 25.8 Å². The van der Waals surface area contributed by atoms with Gasteiger partial charge in [-0.15, -0.1) is 0 Å². The fourth-order valence-corrected chi connectivity index (χ4v) is 5.83. The number of benzene rings is 1. The molecule has 9 heteroatoms. The summed E-state index contributed by atoms with van der Waals surface area (Å²) in [5.41, 5.74) is 7.17. The lowest BCUT2D eigenvalue weighted by molar-refractivity contribution is 0.220. The van der Waals surface area contributed by atoms with Crippen molar-refractivity contribution in [1.82, 2.24) is 35.0 Å². The Morgan fingerprint density at radius 3 is 2.76 bits per heavy atom. The van der Waals surface area contributed by atoms with Gasteiger partial charge in [-0.05, 0) is 72.8 Å². The number of aromatic amines is 2. The SMILES string of the molecule is Fc1cc(-c2cncc(CN3CCCCC3)c2)cc2c(-c3nc4c(-c5ccsc5)nccc4[nH]3)[nH]nc12. The quantitative estimate of drug-likeness (QED) is 0.280. The molecule has 184 valence electrons. The number of nitrogens with one attached hydrogen (secondary N) is 2. The largest absolute Gasteiger partial charge is 0.337 e. The van der Waals surface area contributed by atoms with Crippen LogP contribution in [0.2, 0.25) is 0 Å². The van der Waals surface area contributed by atoms with Crippen molar-refractivity contribution in [2.75, 3.05) is 13.1 Å². The van der Waals surface area contributed by atoms with Crippen molar-refractivity contribution < 1.29 is 4.39 Å². The van der Waals surface area contributed by atoms with Crippen molar-refractivity contribution in [1.29, 1.82) is 0 Å². The van der Waals surface area contributed by atoms with Crippen LogP contribution in [0.15, 0.2) is 59.7 Å². The van der Waals surface area contributed by atoms with Crippen LogP contribution in [0.5, 0.6) is 0 Å². The summed E-state index contributed by atoms with van der Waals surface area (Å²) < 4.78 is 15.2. The second-order valence-corrected chi connectivity index (χ2v) is 10.3. The molecule has 37 heavy (non-hydrogen) atoms. The third-order valence-corrected chi connectivity index (χ3v) is 7.71. The van der Waals surface area contributed by atoms with E-state index >= 15 is 4.39 Å². The zero-order chi connectivity index (χ0) is 24.8. The van der Waals surface area contributed by atoms with Crippen LogP contribution in [0.1, 0.15) is 24.8 Å². The number of rotatable bonds is 5. The Labute approximate surface area is 216 Å². The Morgan fingerprint density at radius 2 is 1.89 bits per heavy atom. The van der Waals surface area contributed by atoms with E-state index in [1.165, 1.54) is 25.3 Å². The van der Waals surface area contributed by atoms with E-state index in [2.05, 4.69) is 41.5 Å². The van der Waals surface area contributed by atoms with Gasteiger partial charge in [-0.2, -0.15) is 16.4 Å². The number of hydrogen-bond acceptors (Lipinski definition) is 6. The van der Waals surface area contributed by atoms with Crippen molar-refractivity contribution in [3.8, 4) is 33.9 Å². The molecule has 1 fully saturated rings. The third kappa shape index (κ3) is 4.10. The maximum Gasteiger partial charge on any atom is 0.157 e. The molecule has 6 heterocycles. The number of H-pyrrole nitrogens is 2. The van der Waals surface area contributed by atoms with E-state index < -0.39 is 0 Å². The van der Waals surface area contributed by atoms with Gasteiger partial charge in [-0.25, -0.2) is 9.37 Å². The normalized spacial score (nSPS) is 14.6. The molecule has 0 amide bonds. The highest BCUT2D eigenvalue weighted by atomic mass is 32.1. The van der Waals surface area contributed by atoms with Gasteiger partial charge in [0.25, 0.3) is 0 Å². The number of halogens is 1. The van der Waals surface area contributed by atoms with Crippen molar-refractivity contribution in [3.05, 3.63) is 71.1 Å². The third-order valence-electron chi connectivity index (χ3n) is 7.03. The van der Waals surface area contributed by atoms with Gasteiger partial charge in [0.05, 0.1) is 11.2 Å². The molecule has 0 spiro atoms. The van der Waals surface area contributed by atoms with E-state index in [0.717, 1.165) is 58.6 Å². The summed E-state index contributed by atoms with van der Waals surface area (Å²) >= 11 is 1.62. The standard InChI is InChI=1S/C28H24FN7S/c29-22-12-19(20-10-17(13-30-14-20)15-36-7-2-1-3-8-36)11-21-25(22)34-35-26(21)28-32-23-4-6-31-24(27(23)33-28)18-5-9-37-16-18/h4-6,9-14,16H,1-3,7-8,15H2,(H,32,33)(H,34,35). The van der Waals surface area contributed by atoms with E-state index in [-0.39, 0.29) is 11.3 Å². The first-order valence-electron chi connectivity index (χ1n) is 12.4. The zero-order valence-corrected chi connectivity index (χ0v) is 20.9. The minimum Gasteiger partial charge on any atom is -0.337 e. The van der Waals surface area contributed by atoms with Gasteiger partial charge in [0.2, 0.25) is 0 Å². The first kappa shape index (κ1) is 22.3. The molecule has 5 aromatic heterocycles. The smallest absolute Gasteiger partial charge is 0.157 e. The number of likely N-dealkylation sites (tertiary alicyclic amines) is 1. The molecule has 6 aromatic rings. The predicted octanol–water partition coefficient (Wildman–Crippen LogP) is 6.42. The summed E-state index contributed by atoms with van der Waals surface area (Å²) in [4.78, 5) is 19.7. The fourth-order valence-electron chi connectivity index (χ4n) is 5.19. The van der Waals surface area contributed by atoms with Crippen LogP contribution in [0.4, 0.5) is 4.39 Å². The summed E-state index contributed by atoms with van der Waals surface area (Å²) in [6.07, 6.45) is 9.25. The number of thiophene rings is 1. The fraction of sp³-hybridized carbons (Fsp3) is 0.214. The Bertz CT molecular complexity index is 1710. The van der Waals surface area contributed by atoms with Gasteiger partial charge in [0.15, 0.2) is 11.6 Å².